The van der Waals surface area contributed by atoms with Crippen LogP contribution in [0.4, 0.5) is 0 Å². The van der Waals surface area contributed by atoms with E-state index >= 15 is 0 Å². The maximum Gasteiger partial charge on any atom is 0.306 e. The predicted molar refractivity (Wildman–Crippen MR) is 242 cm³/mol. The SMILES string of the molecule is CC/C=C\C/C=C\C/C=C\C/C=C\C/C=C\CCCC(=O)OCC(COC(=O)CCCCCCCCCCCC)OC(=O)CCCCCCC/C=C\C/C=C\CC. The summed E-state index contributed by atoms with van der Waals surface area (Å²) in [5, 5.41) is 0. The predicted octanol–water partition coefficient (Wildman–Crippen LogP) is 14.9. The number of carbonyl (C=O) groups excluding carboxylic acids is 3. The first-order valence-corrected chi connectivity index (χ1v) is 23.1. The van der Waals surface area contributed by atoms with Crippen molar-refractivity contribution in [3.8, 4) is 0 Å². The fourth-order valence-electron chi connectivity index (χ4n) is 5.98. The fraction of sp³-hybridized carbons (Fsp3) is 0.667. The molecule has 0 spiro atoms. The third kappa shape index (κ3) is 43.6. The number of rotatable bonds is 40. The molecule has 0 fully saturated rings. The number of allylic oxidation sites excluding steroid dienone is 14. The van der Waals surface area contributed by atoms with Crippen molar-refractivity contribution in [2.75, 3.05) is 13.2 Å². The van der Waals surface area contributed by atoms with Gasteiger partial charge in [0.1, 0.15) is 13.2 Å². The summed E-state index contributed by atoms with van der Waals surface area (Å²) in [6, 6.07) is 0. The minimum atomic E-state index is -0.803. The molecule has 0 aromatic carbocycles. The Hall–Kier alpha value is -3.41. The zero-order valence-electron chi connectivity index (χ0n) is 36.8. The molecule has 1 atom stereocenters. The maximum absolute atomic E-state index is 12.7. The summed E-state index contributed by atoms with van der Waals surface area (Å²) >= 11 is 0. The lowest BCUT2D eigenvalue weighted by molar-refractivity contribution is -0.167. The van der Waals surface area contributed by atoms with Gasteiger partial charge in [0.2, 0.25) is 0 Å². The maximum atomic E-state index is 12.7. The van der Waals surface area contributed by atoms with Crippen LogP contribution in [0.1, 0.15) is 201 Å². The molecule has 0 aliphatic heterocycles. The molecule has 0 radical (unpaired) electrons. The van der Waals surface area contributed by atoms with Crippen molar-refractivity contribution in [1.82, 2.24) is 0 Å². The third-order valence-corrected chi connectivity index (χ3v) is 9.40. The third-order valence-electron chi connectivity index (χ3n) is 9.40. The average Bonchev–Trinajstić information content (AvgIpc) is 3.21. The normalized spacial score (nSPS) is 12.8. The molecule has 57 heavy (non-hydrogen) atoms. The van der Waals surface area contributed by atoms with Crippen LogP contribution in [-0.4, -0.2) is 37.2 Å². The summed E-state index contributed by atoms with van der Waals surface area (Å²) in [4.78, 5) is 37.7. The molecule has 0 aliphatic carbocycles. The van der Waals surface area contributed by atoms with Crippen molar-refractivity contribution in [1.29, 1.82) is 0 Å². The second-order valence-electron chi connectivity index (χ2n) is 14.9. The molecule has 0 aliphatic rings. The number of unbranched alkanes of at least 4 members (excludes halogenated alkanes) is 15. The molecular formula is C51H84O6. The van der Waals surface area contributed by atoms with Crippen LogP contribution in [0.15, 0.2) is 85.1 Å². The van der Waals surface area contributed by atoms with E-state index in [1.807, 2.05) is 0 Å². The highest BCUT2D eigenvalue weighted by Crippen LogP contribution is 2.13. The van der Waals surface area contributed by atoms with Gasteiger partial charge in [-0.1, -0.05) is 183 Å². The second-order valence-corrected chi connectivity index (χ2v) is 14.9. The Morgan fingerprint density at radius 1 is 0.368 bits per heavy atom. The molecule has 324 valence electrons. The van der Waals surface area contributed by atoms with Gasteiger partial charge < -0.3 is 14.2 Å². The lowest BCUT2D eigenvalue weighted by atomic mass is 10.1. The summed E-state index contributed by atoms with van der Waals surface area (Å²) < 4.78 is 16.6. The zero-order valence-corrected chi connectivity index (χ0v) is 36.8. The van der Waals surface area contributed by atoms with Gasteiger partial charge in [0.15, 0.2) is 6.10 Å². The van der Waals surface area contributed by atoms with E-state index in [9.17, 15) is 14.4 Å². The van der Waals surface area contributed by atoms with E-state index in [0.29, 0.717) is 19.3 Å². The Morgan fingerprint density at radius 2 is 0.702 bits per heavy atom. The van der Waals surface area contributed by atoms with Crippen molar-refractivity contribution in [2.45, 2.75) is 207 Å². The first-order chi connectivity index (χ1) is 28.0. The Labute approximate surface area is 350 Å². The minimum Gasteiger partial charge on any atom is -0.462 e. The van der Waals surface area contributed by atoms with Gasteiger partial charge in [-0.3, -0.25) is 14.4 Å². The fourth-order valence-corrected chi connectivity index (χ4v) is 5.98. The molecule has 0 rings (SSSR count). The summed E-state index contributed by atoms with van der Waals surface area (Å²) in [7, 11) is 0. The van der Waals surface area contributed by atoms with E-state index in [4.69, 9.17) is 14.2 Å². The largest absolute Gasteiger partial charge is 0.462 e. The standard InChI is InChI=1S/C51H84O6/c1-4-7-10-13-16-19-22-24-25-26-27-28-30-32-35-38-41-44-50(53)56-47-48(46-55-49(52)43-40-37-34-31-21-18-15-12-9-6-3)57-51(54)45-42-39-36-33-29-23-20-17-14-11-8-5-2/h7-8,10-11,16-17,19-20,24-25,27-28,32,35,48H,4-6,9,12-15,18,21-23,26,29-31,33-34,36-47H2,1-3H3/b10-7-,11-8-,19-16-,20-17-,25-24-,28-27-,35-32-. The number of carbonyl (C=O) groups is 3. The summed E-state index contributed by atoms with van der Waals surface area (Å²) in [5.41, 5.74) is 0. The van der Waals surface area contributed by atoms with Crippen LogP contribution in [0.2, 0.25) is 0 Å². The molecule has 0 aromatic rings. The quantitative estimate of drug-likeness (QED) is 0.0266. The highest BCUT2D eigenvalue weighted by Gasteiger charge is 2.19. The molecule has 0 saturated carbocycles. The summed E-state index contributed by atoms with van der Waals surface area (Å²) in [6.07, 6.45) is 57.1. The molecule has 6 nitrogen and oxygen atoms in total. The molecular weight excluding hydrogens is 709 g/mol. The van der Waals surface area contributed by atoms with Crippen LogP contribution in [0, 0.1) is 0 Å². The van der Waals surface area contributed by atoms with Crippen LogP contribution in [0.5, 0.6) is 0 Å². The van der Waals surface area contributed by atoms with Crippen molar-refractivity contribution < 1.29 is 28.6 Å². The van der Waals surface area contributed by atoms with E-state index in [2.05, 4.69) is 106 Å². The molecule has 0 bridgehead atoms. The topological polar surface area (TPSA) is 78.9 Å². The van der Waals surface area contributed by atoms with Crippen LogP contribution in [0.3, 0.4) is 0 Å². The number of ether oxygens (including phenoxy) is 3. The summed E-state index contributed by atoms with van der Waals surface area (Å²) in [5.74, 6) is -0.984. The smallest absolute Gasteiger partial charge is 0.306 e. The van der Waals surface area contributed by atoms with Crippen LogP contribution in [-0.2, 0) is 28.6 Å². The van der Waals surface area contributed by atoms with Crippen LogP contribution in [0.25, 0.3) is 0 Å². The Kier molecular flexibility index (Phi) is 42.6. The minimum absolute atomic E-state index is 0.0998. The molecule has 1 unspecified atom stereocenters. The van der Waals surface area contributed by atoms with Crippen molar-refractivity contribution in [2.24, 2.45) is 0 Å². The molecule has 0 saturated heterocycles. The average molecular weight is 793 g/mol. The molecule has 0 amide bonds. The first-order valence-electron chi connectivity index (χ1n) is 23.1. The van der Waals surface area contributed by atoms with Crippen molar-refractivity contribution in [3.05, 3.63) is 85.1 Å². The Balaban J connectivity index is 4.48. The van der Waals surface area contributed by atoms with E-state index in [-0.39, 0.29) is 37.5 Å². The van der Waals surface area contributed by atoms with Crippen LogP contribution < -0.4 is 0 Å². The number of hydrogen-bond donors (Lipinski definition) is 0. The van der Waals surface area contributed by atoms with E-state index < -0.39 is 6.10 Å². The Bertz CT molecular complexity index is 1140. The molecule has 6 heteroatoms. The van der Waals surface area contributed by atoms with Crippen molar-refractivity contribution >= 4 is 17.9 Å². The van der Waals surface area contributed by atoms with Gasteiger partial charge in [0.05, 0.1) is 0 Å². The van der Waals surface area contributed by atoms with Gasteiger partial charge in [-0.15, -0.1) is 0 Å². The van der Waals surface area contributed by atoms with E-state index in [0.717, 1.165) is 109 Å². The van der Waals surface area contributed by atoms with E-state index in [1.54, 1.807) is 0 Å². The number of esters is 3. The van der Waals surface area contributed by atoms with Crippen molar-refractivity contribution in [3.63, 3.8) is 0 Å². The summed E-state index contributed by atoms with van der Waals surface area (Å²) in [6.45, 7) is 6.32. The van der Waals surface area contributed by atoms with Gasteiger partial charge in [-0.05, 0) is 83.5 Å². The first kappa shape index (κ1) is 53.6. The lowest BCUT2D eigenvalue weighted by Gasteiger charge is -2.18. The lowest BCUT2D eigenvalue weighted by Crippen LogP contribution is -2.30. The van der Waals surface area contributed by atoms with Gasteiger partial charge in [0.25, 0.3) is 0 Å². The van der Waals surface area contributed by atoms with Gasteiger partial charge in [0, 0.05) is 19.3 Å². The van der Waals surface area contributed by atoms with Gasteiger partial charge >= 0.3 is 17.9 Å². The molecule has 0 aromatic heterocycles. The molecule has 0 heterocycles. The zero-order chi connectivity index (χ0) is 41.5. The second kappa shape index (κ2) is 45.3. The van der Waals surface area contributed by atoms with Gasteiger partial charge in [-0.25, -0.2) is 0 Å². The highest BCUT2D eigenvalue weighted by atomic mass is 16.6. The van der Waals surface area contributed by atoms with Gasteiger partial charge in [-0.2, -0.15) is 0 Å². The number of hydrogen-bond acceptors (Lipinski definition) is 6. The Morgan fingerprint density at radius 3 is 1.14 bits per heavy atom. The monoisotopic (exact) mass is 793 g/mol. The molecule has 0 N–H and O–H groups in total. The van der Waals surface area contributed by atoms with E-state index in [1.165, 1.54) is 44.9 Å². The van der Waals surface area contributed by atoms with Crippen LogP contribution >= 0.6 is 0 Å². The highest BCUT2D eigenvalue weighted by molar-refractivity contribution is 5.71.